The molecule has 0 unspecified atom stereocenters. The minimum Gasteiger partial charge on any atom is -0.358 e. The van der Waals surface area contributed by atoms with Gasteiger partial charge in [-0.25, -0.2) is 4.39 Å². The first kappa shape index (κ1) is 14.7. The molecule has 2 aliphatic rings. The number of hydrogen-bond donors (Lipinski definition) is 0. The number of amides is 1. The number of rotatable bonds is 2. The van der Waals surface area contributed by atoms with Gasteiger partial charge in [-0.1, -0.05) is 18.2 Å². The molecule has 1 saturated heterocycles. The summed E-state index contributed by atoms with van der Waals surface area (Å²) in [6.07, 6.45) is 1.77. The molecule has 0 aromatic heterocycles. The lowest BCUT2D eigenvalue weighted by Gasteiger charge is -2.39. The summed E-state index contributed by atoms with van der Waals surface area (Å²) >= 11 is 0. The smallest absolute Gasteiger partial charge is 0.250 e. The second kappa shape index (κ2) is 5.64. The highest BCUT2D eigenvalue weighted by Crippen LogP contribution is 2.41. The fraction of sp³-hybridized carbons (Fsp3) is 0.263. The molecule has 0 saturated carbocycles. The van der Waals surface area contributed by atoms with E-state index in [0.29, 0.717) is 16.8 Å². The molecule has 2 aromatic rings. The maximum atomic E-state index is 14.1. The number of halogens is 1. The maximum absolute atomic E-state index is 14.1. The average molecular weight is 321 g/mol. The first-order valence-electron chi connectivity index (χ1n) is 8.04. The average Bonchev–Trinajstić information content (AvgIpc) is 3.09. The first-order chi connectivity index (χ1) is 11.7. The van der Waals surface area contributed by atoms with Crippen LogP contribution in [0.15, 0.2) is 42.5 Å². The Morgan fingerprint density at radius 3 is 2.83 bits per heavy atom. The summed E-state index contributed by atoms with van der Waals surface area (Å²) in [6.45, 7) is 1.01. The molecule has 2 aromatic carbocycles. The van der Waals surface area contributed by atoms with E-state index in [0.717, 1.165) is 25.1 Å². The molecule has 1 fully saturated rings. The molecule has 2 aliphatic heterocycles. The number of nitriles is 1. The van der Waals surface area contributed by atoms with Crippen LogP contribution in [0.25, 0.3) is 0 Å². The van der Waals surface area contributed by atoms with E-state index >= 15 is 0 Å². The molecule has 1 atom stereocenters. The molecule has 0 spiro atoms. The van der Waals surface area contributed by atoms with Crippen LogP contribution in [-0.4, -0.2) is 18.5 Å². The topological polar surface area (TPSA) is 47.3 Å². The van der Waals surface area contributed by atoms with Gasteiger partial charge in [-0.15, -0.1) is 0 Å². The number of fused-ring (bicyclic) bond motifs is 3. The van der Waals surface area contributed by atoms with Crippen LogP contribution in [0.2, 0.25) is 0 Å². The van der Waals surface area contributed by atoms with Crippen molar-refractivity contribution in [3.63, 3.8) is 0 Å². The van der Waals surface area contributed by atoms with Crippen LogP contribution in [0, 0.1) is 17.1 Å². The lowest BCUT2D eigenvalue weighted by molar-refractivity contribution is -0.120. The van der Waals surface area contributed by atoms with Crippen molar-refractivity contribution in [1.29, 1.82) is 5.26 Å². The van der Waals surface area contributed by atoms with Crippen molar-refractivity contribution >= 4 is 17.3 Å². The molecule has 4 rings (SSSR count). The van der Waals surface area contributed by atoms with Gasteiger partial charge in [0.05, 0.1) is 29.6 Å². The molecule has 1 amide bonds. The predicted molar refractivity (Wildman–Crippen MR) is 89.1 cm³/mol. The van der Waals surface area contributed by atoms with Gasteiger partial charge in [0.1, 0.15) is 11.9 Å². The number of hydrogen-bond acceptors (Lipinski definition) is 3. The summed E-state index contributed by atoms with van der Waals surface area (Å²) in [5.41, 5.74) is 2.62. The van der Waals surface area contributed by atoms with Gasteiger partial charge in [0.25, 0.3) is 0 Å². The molecule has 0 radical (unpaired) electrons. The van der Waals surface area contributed by atoms with Crippen molar-refractivity contribution in [3.05, 3.63) is 59.4 Å². The molecule has 4 nitrogen and oxygen atoms in total. The molecule has 0 aliphatic carbocycles. The Bertz CT molecular complexity index is 858. The fourth-order valence-corrected chi connectivity index (χ4v) is 3.62. The van der Waals surface area contributed by atoms with Crippen molar-refractivity contribution in [2.45, 2.75) is 25.4 Å². The zero-order valence-electron chi connectivity index (χ0n) is 13.1. The minimum absolute atomic E-state index is 0.0154. The number of benzene rings is 2. The summed E-state index contributed by atoms with van der Waals surface area (Å²) < 4.78 is 14.1. The maximum Gasteiger partial charge on any atom is 0.250 e. The van der Waals surface area contributed by atoms with Gasteiger partial charge >= 0.3 is 0 Å². The van der Waals surface area contributed by atoms with Gasteiger partial charge in [0.2, 0.25) is 5.91 Å². The largest absolute Gasteiger partial charge is 0.358 e. The lowest BCUT2D eigenvalue weighted by atomic mass is 10.0. The van der Waals surface area contributed by atoms with E-state index in [4.69, 9.17) is 0 Å². The van der Waals surface area contributed by atoms with Crippen molar-refractivity contribution in [1.82, 2.24) is 0 Å². The Morgan fingerprint density at radius 2 is 2.04 bits per heavy atom. The molecule has 24 heavy (non-hydrogen) atoms. The van der Waals surface area contributed by atoms with E-state index in [1.54, 1.807) is 35.2 Å². The zero-order valence-corrected chi connectivity index (χ0v) is 13.1. The summed E-state index contributed by atoms with van der Waals surface area (Å²) in [5.74, 6) is -0.338. The van der Waals surface area contributed by atoms with E-state index in [2.05, 4.69) is 11.0 Å². The van der Waals surface area contributed by atoms with Gasteiger partial charge in [-0.3, -0.25) is 4.79 Å². The van der Waals surface area contributed by atoms with E-state index in [-0.39, 0.29) is 24.3 Å². The first-order valence-corrected chi connectivity index (χ1v) is 8.04. The number of carbonyl (C=O) groups is 1. The van der Waals surface area contributed by atoms with Crippen LogP contribution in [0.5, 0.6) is 0 Å². The van der Waals surface area contributed by atoms with E-state index in [9.17, 15) is 14.4 Å². The highest BCUT2D eigenvalue weighted by molar-refractivity contribution is 6.06. The lowest BCUT2D eigenvalue weighted by Crippen LogP contribution is -2.50. The van der Waals surface area contributed by atoms with Crippen LogP contribution >= 0.6 is 0 Å². The summed E-state index contributed by atoms with van der Waals surface area (Å²) in [4.78, 5) is 16.7. The highest BCUT2D eigenvalue weighted by atomic mass is 19.1. The number of nitrogens with zero attached hydrogens (tertiary/aromatic N) is 3. The Balaban J connectivity index is 1.81. The van der Waals surface area contributed by atoms with Crippen molar-refractivity contribution in [2.75, 3.05) is 16.3 Å². The molecule has 0 bridgehead atoms. The van der Waals surface area contributed by atoms with E-state index < -0.39 is 0 Å². The third-order valence-corrected chi connectivity index (χ3v) is 4.79. The normalized spacial score (nSPS) is 19.0. The number of anilines is 2. The van der Waals surface area contributed by atoms with Gasteiger partial charge in [0.15, 0.2) is 0 Å². The molecule has 5 heteroatoms. The third kappa shape index (κ3) is 2.23. The van der Waals surface area contributed by atoms with Crippen LogP contribution in [0.1, 0.15) is 24.0 Å². The second-order valence-corrected chi connectivity index (χ2v) is 6.18. The molecular formula is C19H16FN3O. The van der Waals surface area contributed by atoms with Gasteiger partial charge in [-0.2, -0.15) is 5.26 Å². The van der Waals surface area contributed by atoms with E-state index in [1.807, 2.05) is 6.07 Å². The van der Waals surface area contributed by atoms with Crippen molar-refractivity contribution in [3.8, 4) is 6.07 Å². The standard InChI is InChI=1S/C19H16FN3O/c20-15-5-2-1-4-14(15)12-23-18-10-13(11-21)7-8-16(18)22-9-3-6-17(22)19(23)24/h1-2,4-5,7-8,10,17H,3,6,9,12H2/t17-/m0/s1. The van der Waals surface area contributed by atoms with Crippen LogP contribution in [0.3, 0.4) is 0 Å². The Kier molecular flexibility index (Phi) is 3.46. The predicted octanol–water partition coefficient (Wildman–Crippen LogP) is 3.21. The summed E-state index contributed by atoms with van der Waals surface area (Å²) in [5, 5.41) is 9.19. The third-order valence-electron chi connectivity index (χ3n) is 4.79. The quantitative estimate of drug-likeness (QED) is 0.853. The zero-order chi connectivity index (χ0) is 16.7. The van der Waals surface area contributed by atoms with Gasteiger partial charge in [-0.05, 0) is 37.1 Å². The highest BCUT2D eigenvalue weighted by Gasteiger charge is 2.40. The van der Waals surface area contributed by atoms with Gasteiger partial charge < -0.3 is 9.80 Å². The van der Waals surface area contributed by atoms with Gasteiger partial charge in [0, 0.05) is 12.1 Å². The van der Waals surface area contributed by atoms with Crippen LogP contribution in [0.4, 0.5) is 15.8 Å². The molecular weight excluding hydrogens is 305 g/mol. The second-order valence-electron chi connectivity index (χ2n) is 6.18. The van der Waals surface area contributed by atoms with Crippen molar-refractivity contribution < 1.29 is 9.18 Å². The van der Waals surface area contributed by atoms with E-state index in [1.165, 1.54) is 6.07 Å². The monoisotopic (exact) mass is 321 g/mol. The Morgan fingerprint density at radius 1 is 1.21 bits per heavy atom. The summed E-state index contributed by atoms with van der Waals surface area (Å²) in [7, 11) is 0. The Labute approximate surface area is 139 Å². The minimum atomic E-state index is -0.322. The van der Waals surface area contributed by atoms with Crippen LogP contribution in [-0.2, 0) is 11.3 Å². The van der Waals surface area contributed by atoms with Crippen molar-refractivity contribution in [2.24, 2.45) is 0 Å². The molecule has 0 N–H and O–H groups in total. The van der Waals surface area contributed by atoms with Crippen LogP contribution < -0.4 is 9.80 Å². The SMILES string of the molecule is N#Cc1ccc2c(c1)N(Cc1ccccc1F)C(=O)[C@@H]1CCCN21. The molecule has 2 heterocycles. The number of carbonyl (C=O) groups excluding carboxylic acids is 1. The fourth-order valence-electron chi connectivity index (χ4n) is 3.62. The molecule has 120 valence electrons. The Hall–Kier alpha value is -2.87. The summed E-state index contributed by atoms with van der Waals surface area (Å²) in [6, 6.07) is 13.8.